The summed E-state index contributed by atoms with van der Waals surface area (Å²) in [4.78, 5) is 23.9. The maximum Gasteiger partial charge on any atom is 0.231 e. The number of amides is 1. The third kappa shape index (κ3) is 2.78. The number of nitrogens with one attached hydrogen (secondary N) is 1. The zero-order valence-electron chi connectivity index (χ0n) is 11.9. The summed E-state index contributed by atoms with van der Waals surface area (Å²) in [5.41, 5.74) is 0.615. The summed E-state index contributed by atoms with van der Waals surface area (Å²) in [6.45, 7) is 1.44. The third-order valence-corrected chi connectivity index (χ3v) is 5.52. The summed E-state index contributed by atoms with van der Waals surface area (Å²) in [5.74, 6) is -0.457. The number of ether oxygens (including phenoxy) is 2. The Morgan fingerprint density at radius 2 is 1.91 bits per heavy atom. The first kappa shape index (κ1) is 14.8. The van der Waals surface area contributed by atoms with Crippen molar-refractivity contribution >= 4 is 27.2 Å². The van der Waals surface area contributed by atoms with Gasteiger partial charge in [-0.1, -0.05) is 0 Å². The zero-order valence-corrected chi connectivity index (χ0v) is 12.7. The number of carbonyl (C=O) groups excluding carboxylic acids is 2. The summed E-state index contributed by atoms with van der Waals surface area (Å²) >= 11 is 0. The van der Waals surface area contributed by atoms with Gasteiger partial charge in [-0.15, -0.1) is 0 Å². The first-order valence-corrected chi connectivity index (χ1v) is 8.64. The molecule has 7 nitrogen and oxygen atoms in total. The fourth-order valence-corrected chi connectivity index (χ4v) is 4.31. The van der Waals surface area contributed by atoms with Gasteiger partial charge in [-0.05, 0) is 19.4 Å². The molecular formula is C14H15NO6S. The fourth-order valence-electron chi connectivity index (χ4n) is 2.57. The van der Waals surface area contributed by atoms with Crippen LogP contribution in [0.3, 0.4) is 0 Å². The average Bonchev–Trinajstić information content (AvgIpc) is 3.03. The number of hydrogen-bond acceptors (Lipinski definition) is 6. The molecule has 0 radical (unpaired) electrons. The van der Waals surface area contributed by atoms with E-state index >= 15 is 0 Å². The van der Waals surface area contributed by atoms with Crippen molar-refractivity contribution in [2.45, 2.75) is 13.3 Å². The van der Waals surface area contributed by atoms with Gasteiger partial charge in [-0.3, -0.25) is 9.59 Å². The first-order chi connectivity index (χ1) is 10.4. The van der Waals surface area contributed by atoms with Gasteiger partial charge in [0.15, 0.2) is 27.1 Å². The van der Waals surface area contributed by atoms with Crippen LogP contribution in [0.15, 0.2) is 12.1 Å². The molecule has 2 heterocycles. The van der Waals surface area contributed by atoms with Crippen molar-refractivity contribution in [1.29, 1.82) is 0 Å². The molecule has 1 atom stereocenters. The van der Waals surface area contributed by atoms with Crippen molar-refractivity contribution in [1.82, 2.24) is 0 Å². The van der Waals surface area contributed by atoms with Crippen LogP contribution in [0, 0.1) is 5.92 Å². The highest BCUT2D eigenvalue weighted by atomic mass is 32.2. The van der Waals surface area contributed by atoms with Gasteiger partial charge in [-0.2, -0.15) is 0 Å². The van der Waals surface area contributed by atoms with Gasteiger partial charge < -0.3 is 14.8 Å². The number of ketones is 1. The number of Topliss-reactive ketones (excluding diaryl/α,β-unsaturated/α-hetero) is 1. The minimum absolute atomic E-state index is 0.0196. The highest BCUT2D eigenvalue weighted by molar-refractivity contribution is 7.91. The minimum atomic E-state index is -3.14. The second kappa shape index (κ2) is 5.28. The van der Waals surface area contributed by atoms with Crippen molar-refractivity contribution in [2.75, 3.05) is 23.6 Å². The van der Waals surface area contributed by atoms with E-state index in [1.165, 1.54) is 19.1 Å². The number of benzene rings is 1. The van der Waals surface area contributed by atoms with Crippen molar-refractivity contribution in [3.63, 3.8) is 0 Å². The largest absolute Gasteiger partial charge is 0.454 e. The molecule has 1 saturated heterocycles. The molecule has 0 bridgehead atoms. The molecule has 0 aromatic heterocycles. The summed E-state index contributed by atoms with van der Waals surface area (Å²) in [6, 6.07) is 3.05. The van der Waals surface area contributed by atoms with Crippen LogP contribution >= 0.6 is 0 Å². The van der Waals surface area contributed by atoms with Gasteiger partial charge in [0, 0.05) is 11.6 Å². The van der Waals surface area contributed by atoms with Gasteiger partial charge in [0.05, 0.1) is 23.1 Å². The molecule has 0 spiro atoms. The van der Waals surface area contributed by atoms with Crippen LogP contribution in [0.25, 0.3) is 0 Å². The minimum Gasteiger partial charge on any atom is -0.454 e. The summed E-state index contributed by atoms with van der Waals surface area (Å²) in [6.07, 6.45) is 0.300. The second-order valence-corrected chi connectivity index (χ2v) is 7.63. The third-order valence-electron chi connectivity index (χ3n) is 3.75. The molecular weight excluding hydrogens is 310 g/mol. The number of anilines is 1. The Bertz CT molecular complexity index is 755. The van der Waals surface area contributed by atoms with E-state index in [0.29, 0.717) is 29.2 Å². The number of hydrogen-bond donors (Lipinski definition) is 1. The normalized spacial score (nSPS) is 21.6. The Hall–Kier alpha value is -2.09. The summed E-state index contributed by atoms with van der Waals surface area (Å²) in [5, 5.41) is 2.64. The Morgan fingerprint density at radius 1 is 1.23 bits per heavy atom. The molecule has 2 aliphatic rings. The van der Waals surface area contributed by atoms with E-state index in [4.69, 9.17) is 9.47 Å². The lowest BCUT2D eigenvalue weighted by Crippen LogP contribution is -2.24. The second-order valence-electron chi connectivity index (χ2n) is 5.40. The average molecular weight is 325 g/mol. The topological polar surface area (TPSA) is 98.8 Å². The molecule has 0 aliphatic carbocycles. The molecule has 1 aromatic carbocycles. The Labute approximate surface area is 127 Å². The van der Waals surface area contributed by atoms with Crippen molar-refractivity contribution in [3.8, 4) is 11.5 Å². The van der Waals surface area contributed by atoms with Crippen LogP contribution in [0.4, 0.5) is 5.69 Å². The van der Waals surface area contributed by atoms with E-state index < -0.39 is 21.7 Å². The van der Waals surface area contributed by atoms with Crippen molar-refractivity contribution in [3.05, 3.63) is 17.7 Å². The van der Waals surface area contributed by atoms with E-state index in [9.17, 15) is 18.0 Å². The van der Waals surface area contributed by atoms with E-state index in [1.807, 2.05) is 0 Å². The molecule has 1 N–H and O–H groups in total. The van der Waals surface area contributed by atoms with Gasteiger partial charge in [-0.25, -0.2) is 8.42 Å². The van der Waals surface area contributed by atoms with Crippen molar-refractivity contribution in [2.24, 2.45) is 5.92 Å². The quantitative estimate of drug-likeness (QED) is 0.832. The standard InChI is InChI=1S/C14H15NO6S/c1-8(16)10-4-12-13(21-7-20-12)5-11(10)15-14(17)9-2-3-22(18,19)6-9/h4-5,9H,2-3,6-7H2,1H3,(H,15,17). The molecule has 1 fully saturated rings. The highest BCUT2D eigenvalue weighted by Gasteiger charge is 2.33. The van der Waals surface area contributed by atoms with Crippen LogP contribution in [0.5, 0.6) is 11.5 Å². The van der Waals surface area contributed by atoms with Crippen LogP contribution in [-0.4, -0.2) is 38.4 Å². The van der Waals surface area contributed by atoms with E-state index in [-0.39, 0.29) is 24.1 Å². The van der Waals surface area contributed by atoms with E-state index in [2.05, 4.69) is 5.32 Å². The first-order valence-electron chi connectivity index (χ1n) is 6.81. The smallest absolute Gasteiger partial charge is 0.231 e. The fraction of sp³-hybridized carbons (Fsp3) is 0.429. The number of sulfone groups is 1. The van der Waals surface area contributed by atoms with E-state index in [0.717, 1.165) is 0 Å². The number of fused-ring (bicyclic) bond motifs is 1. The molecule has 8 heteroatoms. The Kier molecular flexibility index (Phi) is 3.56. The maximum atomic E-state index is 12.2. The van der Waals surface area contributed by atoms with Gasteiger partial charge >= 0.3 is 0 Å². The highest BCUT2D eigenvalue weighted by Crippen LogP contribution is 2.37. The van der Waals surface area contributed by atoms with Gasteiger partial charge in [0.2, 0.25) is 12.7 Å². The molecule has 118 valence electrons. The Morgan fingerprint density at radius 3 is 2.50 bits per heavy atom. The summed E-state index contributed by atoms with van der Waals surface area (Å²) < 4.78 is 33.4. The summed E-state index contributed by atoms with van der Waals surface area (Å²) in [7, 11) is -3.14. The SMILES string of the molecule is CC(=O)c1cc2c(cc1NC(=O)C1CCS(=O)(=O)C1)OCO2. The van der Waals surface area contributed by atoms with Crippen LogP contribution < -0.4 is 14.8 Å². The maximum absolute atomic E-state index is 12.2. The molecule has 1 aromatic rings. The predicted octanol–water partition coefficient (Wildman–Crippen LogP) is 0.991. The predicted molar refractivity (Wildman–Crippen MR) is 78.0 cm³/mol. The number of carbonyl (C=O) groups is 2. The molecule has 22 heavy (non-hydrogen) atoms. The lowest BCUT2D eigenvalue weighted by Gasteiger charge is -2.13. The van der Waals surface area contributed by atoms with E-state index in [1.54, 1.807) is 0 Å². The van der Waals surface area contributed by atoms with Gasteiger partial charge in [0.25, 0.3) is 0 Å². The monoisotopic (exact) mass is 325 g/mol. The molecule has 1 amide bonds. The van der Waals surface area contributed by atoms with Crippen LogP contribution in [-0.2, 0) is 14.6 Å². The lowest BCUT2D eigenvalue weighted by molar-refractivity contribution is -0.119. The molecule has 0 saturated carbocycles. The molecule has 1 unspecified atom stereocenters. The number of rotatable bonds is 3. The molecule has 2 aliphatic heterocycles. The van der Waals surface area contributed by atoms with Crippen LogP contribution in [0.1, 0.15) is 23.7 Å². The zero-order chi connectivity index (χ0) is 15.9. The lowest BCUT2D eigenvalue weighted by atomic mass is 10.1. The van der Waals surface area contributed by atoms with Crippen molar-refractivity contribution < 1.29 is 27.5 Å². The van der Waals surface area contributed by atoms with Gasteiger partial charge in [0.1, 0.15) is 0 Å². The molecule has 3 rings (SSSR count). The van der Waals surface area contributed by atoms with Crippen LogP contribution in [0.2, 0.25) is 0 Å². The Balaban J connectivity index is 1.85.